The van der Waals surface area contributed by atoms with Crippen molar-refractivity contribution in [1.29, 1.82) is 0 Å². The minimum atomic E-state index is -0.874. The Bertz CT molecular complexity index is 1460. The highest BCUT2D eigenvalue weighted by molar-refractivity contribution is 6.03. The van der Waals surface area contributed by atoms with Crippen LogP contribution in [0.4, 0.5) is 0 Å². The summed E-state index contributed by atoms with van der Waals surface area (Å²) in [6.07, 6.45) is 0. The molecule has 0 spiro atoms. The van der Waals surface area contributed by atoms with Crippen LogP contribution in [0.1, 0.15) is 41.7 Å². The van der Waals surface area contributed by atoms with E-state index in [9.17, 15) is 49.4 Å². The fourth-order valence-electron chi connectivity index (χ4n) is 3.33. The number of hydrogen-bond acceptors (Lipinski definition) is 10. The van der Waals surface area contributed by atoms with Gasteiger partial charge in [0.05, 0.1) is 11.1 Å². The number of phenolic OH excluding ortho intramolecular Hbond substituents is 2. The third kappa shape index (κ3) is 6.55. The molecule has 16 heteroatoms. The number of aromatic hydroxyl groups is 2. The topological polar surface area (TPSA) is 241 Å². The van der Waals surface area contributed by atoms with Crippen molar-refractivity contribution in [3.8, 4) is 11.5 Å². The maximum absolute atomic E-state index is 12.4. The van der Waals surface area contributed by atoms with Gasteiger partial charge in [0, 0.05) is 38.3 Å². The fourth-order valence-corrected chi connectivity index (χ4v) is 3.33. The molecule has 3 aromatic rings. The Hall–Kier alpha value is -5.80. The number of amides is 4. The van der Waals surface area contributed by atoms with Gasteiger partial charge in [0.25, 0.3) is 34.7 Å². The second kappa shape index (κ2) is 12.6. The first kappa shape index (κ1) is 28.8. The maximum Gasteiger partial charge on any atom is 0.283 e. The van der Waals surface area contributed by atoms with E-state index in [1.165, 1.54) is 24.3 Å². The van der Waals surface area contributed by atoms with Crippen molar-refractivity contribution in [2.75, 3.05) is 26.2 Å². The summed E-state index contributed by atoms with van der Waals surface area (Å²) in [5.74, 6) is -4.98. The monoisotopic (exact) mass is 556 g/mol. The van der Waals surface area contributed by atoms with Gasteiger partial charge < -0.3 is 41.9 Å². The average molecular weight is 556 g/mol. The zero-order valence-corrected chi connectivity index (χ0v) is 20.6. The van der Waals surface area contributed by atoms with Crippen molar-refractivity contribution >= 4 is 23.6 Å². The van der Waals surface area contributed by atoms with Crippen molar-refractivity contribution in [3.05, 3.63) is 91.8 Å². The SMILES string of the molecule is O=C(NCCNC(=O)c1cccc(=O)n1O)c1ccc(C(=O)NCCNC(=O)c2cccc(=O)n2O)c(O)c1O. The minimum Gasteiger partial charge on any atom is -0.504 e. The van der Waals surface area contributed by atoms with E-state index in [1.54, 1.807) is 0 Å². The summed E-state index contributed by atoms with van der Waals surface area (Å²) in [5, 5.41) is 49.2. The standard InChI is InChI=1S/C24H24N6O10/c31-17-5-1-3-15(29(17)39)23(37)27-11-9-25-21(35)13-7-8-14(20(34)19(13)33)22(36)26-10-12-28-24(38)16-4-2-6-18(32)30(16)40/h1-8,33-34,39-40H,9-12H2,(H,25,35)(H,26,36)(H,27,37)(H,28,38). The van der Waals surface area contributed by atoms with Gasteiger partial charge >= 0.3 is 0 Å². The molecule has 0 radical (unpaired) electrons. The largest absolute Gasteiger partial charge is 0.504 e. The molecule has 2 heterocycles. The van der Waals surface area contributed by atoms with E-state index in [0.29, 0.717) is 0 Å². The molecule has 0 aliphatic heterocycles. The lowest BCUT2D eigenvalue weighted by atomic mass is 10.1. The molecule has 0 aliphatic rings. The van der Waals surface area contributed by atoms with Gasteiger partial charge in [-0.05, 0) is 24.3 Å². The van der Waals surface area contributed by atoms with Gasteiger partial charge in [0.1, 0.15) is 11.4 Å². The summed E-state index contributed by atoms with van der Waals surface area (Å²) in [6, 6.07) is 9.27. The first-order valence-electron chi connectivity index (χ1n) is 11.5. The smallest absolute Gasteiger partial charge is 0.283 e. The number of carbonyl (C=O) groups is 4. The quantitative estimate of drug-likeness (QED) is 0.0792. The summed E-state index contributed by atoms with van der Waals surface area (Å²) in [6.45, 7) is -0.483. The number of phenols is 2. The lowest BCUT2D eigenvalue weighted by Crippen LogP contribution is -2.37. The number of pyridine rings is 2. The molecule has 2 aromatic heterocycles. The Balaban J connectivity index is 1.49. The van der Waals surface area contributed by atoms with Crippen LogP contribution in [-0.4, -0.2) is 79.9 Å². The number of rotatable bonds is 10. The van der Waals surface area contributed by atoms with E-state index < -0.39 is 46.2 Å². The van der Waals surface area contributed by atoms with E-state index in [0.717, 1.165) is 24.3 Å². The molecule has 16 nitrogen and oxygen atoms in total. The second-order valence-electron chi connectivity index (χ2n) is 8.00. The average Bonchev–Trinajstić information content (AvgIpc) is 2.93. The highest BCUT2D eigenvalue weighted by atomic mass is 16.5. The Morgan fingerprint density at radius 1 is 0.550 bits per heavy atom. The lowest BCUT2D eigenvalue weighted by Gasteiger charge is -2.12. The van der Waals surface area contributed by atoms with Gasteiger partial charge in [0.15, 0.2) is 11.5 Å². The zero-order valence-electron chi connectivity index (χ0n) is 20.6. The number of hydrogen-bond donors (Lipinski definition) is 8. The van der Waals surface area contributed by atoms with E-state index in [1.807, 2.05) is 0 Å². The maximum atomic E-state index is 12.4. The molecule has 210 valence electrons. The van der Waals surface area contributed by atoms with Crippen LogP contribution in [0.15, 0.2) is 58.1 Å². The Morgan fingerprint density at radius 3 is 1.23 bits per heavy atom. The minimum absolute atomic E-state index is 0.113. The summed E-state index contributed by atoms with van der Waals surface area (Å²) in [4.78, 5) is 71.6. The molecule has 0 saturated carbocycles. The molecule has 40 heavy (non-hydrogen) atoms. The van der Waals surface area contributed by atoms with Gasteiger partial charge in [-0.2, -0.15) is 0 Å². The van der Waals surface area contributed by atoms with Crippen LogP contribution < -0.4 is 32.4 Å². The predicted molar refractivity (Wildman–Crippen MR) is 135 cm³/mol. The van der Waals surface area contributed by atoms with Crippen LogP contribution in [0.2, 0.25) is 0 Å². The van der Waals surface area contributed by atoms with Crippen molar-refractivity contribution in [1.82, 2.24) is 30.7 Å². The number of nitrogens with zero attached hydrogens (tertiary/aromatic N) is 2. The summed E-state index contributed by atoms with van der Waals surface area (Å²) >= 11 is 0. The van der Waals surface area contributed by atoms with Gasteiger partial charge in [-0.15, -0.1) is 9.46 Å². The molecular formula is C24H24N6O10. The molecule has 0 bridgehead atoms. The van der Waals surface area contributed by atoms with Gasteiger partial charge in [-0.1, -0.05) is 12.1 Å². The van der Waals surface area contributed by atoms with Gasteiger partial charge in [-0.25, -0.2) is 0 Å². The highest BCUT2D eigenvalue weighted by Crippen LogP contribution is 2.32. The Labute approximate surface area is 224 Å². The molecule has 0 aliphatic carbocycles. The number of carbonyl (C=O) groups excluding carboxylic acids is 4. The molecule has 0 fully saturated rings. The zero-order chi connectivity index (χ0) is 29.4. The van der Waals surface area contributed by atoms with Crippen LogP contribution in [0.25, 0.3) is 0 Å². The molecule has 0 atom stereocenters. The van der Waals surface area contributed by atoms with Crippen LogP contribution in [0.3, 0.4) is 0 Å². The van der Waals surface area contributed by atoms with Crippen LogP contribution in [-0.2, 0) is 0 Å². The molecule has 3 rings (SSSR count). The van der Waals surface area contributed by atoms with E-state index in [2.05, 4.69) is 21.3 Å². The third-order valence-electron chi connectivity index (χ3n) is 5.36. The molecule has 0 unspecified atom stereocenters. The first-order valence-corrected chi connectivity index (χ1v) is 11.5. The summed E-state index contributed by atoms with van der Waals surface area (Å²) in [5.41, 5.74) is -2.96. The van der Waals surface area contributed by atoms with Crippen molar-refractivity contribution in [2.45, 2.75) is 0 Å². The van der Waals surface area contributed by atoms with Gasteiger partial charge in [-0.3, -0.25) is 28.8 Å². The van der Waals surface area contributed by atoms with Gasteiger partial charge in [0.2, 0.25) is 0 Å². The molecule has 0 saturated heterocycles. The summed E-state index contributed by atoms with van der Waals surface area (Å²) < 4.78 is 0.338. The highest BCUT2D eigenvalue weighted by Gasteiger charge is 2.21. The molecule has 1 aromatic carbocycles. The van der Waals surface area contributed by atoms with E-state index in [-0.39, 0.29) is 58.2 Å². The molecule has 4 amide bonds. The van der Waals surface area contributed by atoms with Crippen molar-refractivity contribution < 1.29 is 39.8 Å². The van der Waals surface area contributed by atoms with Crippen molar-refractivity contribution in [3.63, 3.8) is 0 Å². The first-order chi connectivity index (χ1) is 19.0. The van der Waals surface area contributed by atoms with E-state index >= 15 is 0 Å². The lowest BCUT2D eigenvalue weighted by molar-refractivity contribution is 0.0877. The van der Waals surface area contributed by atoms with Crippen LogP contribution in [0, 0.1) is 0 Å². The number of nitrogens with one attached hydrogen (secondary N) is 4. The summed E-state index contributed by atoms with van der Waals surface area (Å²) in [7, 11) is 0. The molecule has 8 N–H and O–H groups in total. The Kier molecular flexibility index (Phi) is 9.09. The molecular weight excluding hydrogens is 532 g/mol. The van der Waals surface area contributed by atoms with E-state index in [4.69, 9.17) is 0 Å². The number of aromatic nitrogens is 2. The van der Waals surface area contributed by atoms with Crippen molar-refractivity contribution in [2.24, 2.45) is 0 Å². The van der Waals surface area contributed by atoms with Crippen LogP contribution >= 0.6 is 0 Å². The number of benzene rings is 1. The van der Waals surface area contributed by atoms with Crippen LogP contribution in [0.5, 0.6) is 11.5 Å². The normalized spacial score (nSPS) is 10.4. The predicted octanol–water partition coefficient (Wildman–Crippen LogP) is -1.78. The Morgan fingerprint density at radius 2 is 0.875 bits per heavy atom. The fraction of sp³-hybridized carbons (Fsp3) is 0.167. The second-order valence-corrected chi connectivity index (χ2v) is 8.00. The third-order valence-corrected chi connectivity index (χ3v) is 5.36.